The largest absolute Gasteiger partial charge is 0.478 e. The van der Waals surface area contributed by atoms with Crippen LogP contribution in [-0.4, -0.2) is 37.0 Å². The van der Waals surface area contributed by atoms with Crippen molar-refractivity contribution >= 4 is 17.5 Å². The van der Waals surface area contributed by atoms with Crippen molar-refractivity contribution in [2.75, 3.05) is 18.4 Å². The van der Waals surface area contributed by atoms with Crippen molar-refractivity contribution in [3.63, 3.8) is 0 Å². The van der Waals surface area contributed by atoms with Crippen molar-refractivity contribution in [3.8, 4) is 5.75 Å². The summed E-state index contributed by atoms with van der Waals surface area (Å²) in [4.78, 5) is 24.0. The van der Waals surface area contributed by atoms with Crippen molar-refractivity contribution < 1.29 is 14.3 Å². The van der Waals surface area contributed by atoms with Gasteiger partial charge in [-0.15, -0.1) is 0 Å². The number of anilines is 1. The number of piperidine rings is 1. The molecule has 0 aromatic heterocycles. The first-order valence-corrected chi connectivity index (χ1v) is 7.29. The van der Waals surface area contributed by atoms with Crippen molar-refractivity contribution in [1.29, 1.82) is 0 Å². The lowest BCUT2D eigenvalue weighted by Gasteiger charge is -2.27. The van der Waals surface area contributed by atoms with Gasteiger partial charge in [-0.2, -0.15) is 0 Å². The van der Waals surface area contributed by atoms with Gasteiger partial charge in [0.05, 0.1) is 12.1 Å². The minimum atomic E-state index is -0.767. The van der Waals surface area contributed by atoms with Crippen molar-refractivity contribution in [2.24, 2.45) is 0 Å². The summed E-state index contributed by atoms with van der Waals surface area (Å²) < 4.78 is 5.62. The normalized spacial score (nSPS) is 24.5. The Hall–Kier alpha value is -2.08. The van der Waals surface area contributed by atoms with Crippen molar-refractivity contribution in [1.82, 2.24) is 10.6 Å². The van der Waals surface area contributed by atoms with E-state index in [1.807, 2.05) is 12.1 Å². The molecule has 0 spiro atoms. The molecule has 1 fully saturated rings. The highest BCUT2D eigenvalue weighted by Crippen LogP contribution is 2.29. The topological polar surface area (TPSA) is 79.5 Å². The zero-order valence-electron chi connectivity index (χ0n) is 11.7. The number of carbonyl (C=O) groups excluding carboxylic acids is 2. The number of para-hydroxylation sites is 2. The number of carbonyl (C=O) groups is 2. The Bertz CT molecular complexity index is 541. The third kappa shape index (κ3) is 3.33. The second kappa shape index (κ2) is 6.13. The second-order valence-electron chi connectivity index (χ2n) is 5.41. The summed E-state index contributed by atoms with van der Waals surface area (Å²) in [6.07, 6.45) is 1.30. The molecule has 0 radical (unpaired) electrons. The molecule has 0 aliphatic carbocycles. The molecule has 112 valence electrons. The average Bonchev–Trinajstić information content (AvgIpc) is 2.49. The molecule has 0 saturated carbocycles. The molecule has 1 saturated heterocycles. The van der Waals surface area contributed by atoms with E-state index in [1.165, 1.54) is 0 Å². The number of ether oxygens (including phenoxy) is 1. The van der Waals surface area contributed by atoms with Gasteiger partial charge in [-0.3, -0.25) is 9.59 Å². The SMILES string of the molecule is O=C(CC1Oc2ccccc2NC1=O)N[C@H]1CCCNC1. The number of amides is 2. The van der Waals surface area contributed by atoms with Crippen molar-refractivity contribution in [2.45, 2.75) is 31.4 Å². The molecular formula is C15H19N3O3. The van der Waals surface area contributed by atoms with E-state index in [9.17, 15) is 9.59 Å². The molecule has 2 atom stereocenters. The molecule has 6 nitrogen and oxygen atoms in total. The molecule has 0 bridgehead atoms. The van der Waals surface area contributed by atoms with Gasteiger partial charge in [-0.05, 0) is 31.5 Å². The van der Waals surface area contributed by atoms with Crippen LogP contribution < -0.4 is 20.7 Å². The number of nitrogens with one attached hydrogen (secondary N) is 3. The lowest BCUT2D eigenvalue weighted by Crippen LogP contribution is -2.48. The molecule has 1 unspecified atom stereocenters. The van der Waals surface area contributed by atoms with Gasteiger partial charge in [0.2, 0.25) is 5.91 Å². The predicted molar refractivity (Wildman–Crippen MR) is 78.1 cm³/mol. The Morgan fingerprint density at radius 3 is 3.05 bits per heavy atom. The summed E-state index contributed by atoms with van der Waals surface area (Å²) in [6.45, 7) is 1.78. The van der Waals surface area contributed by atoms with Crippen LogP contribution in [-0.2, 0) is 9.59 Å². The molecule has 2 amide bonds. The fourth-order valence-corrected chi connectivity index (χ4v) is 2.66. The van der Waals surface area contributed by atoms with Crippen LogP contribution >= 0.6 is 0 Å². The van der Waals surface area contributed by atoms with Crippen LogP contribution in [0, 0.1) is 0 Å². The highest BCUT2D eigenvalue weighted by atomic mass is 16.5. The van der Waals surface area contributed by atoms with Gasteiger partial charge in [0.25, 0.3) is 5.91 Å². The zero-order chi connectivity index (χ0) is 14.7. The van der Waals surface area contributed by atoms with E-state index in [1.54, 1.807) is 12.1 Å². The van der Waals surface area contributed by atoms with Crippen molar-refractivity contribution in [3.05, 3.63) is 24.3 Å². The predicted octanol–water partition coefficient (Wildman–Crippen LogP) is 0.644. The first-order chi connectivity index (χ1) is 10.2. The number of hydrogen-bond acceptors (Lipinski definition) is 4. The average molecular weight is 289 g/mol. The molecular weight excluding hydrogens is 270 g/mol. The maximum absolute atomic E-state index is 12.0. The van der Waals surface area contributed by atoms with Crippen LogP contribution in [0.25, 0.3) is 0 Å². The van der Waals surface area contributed by atoms with Crippen LogP contribution in [0.4, 0.5) is 5.69 Å². The third-order valence-corrected chi connectivity index (χ3v) is 3.74. The Labute approximate surface area is 123 Å². The first kappa shape index (κ1) is 13.9. The first-order valence-electron chi connectivity index (χ1n) is 7.29. The molecule has 1 aromatic carbocycles. The Morgan fingerprint density at radius 2 is 2.24 bits per heavy atom. The van der Waals surface area contributed by atoms with Gasteiger partial charge < -0.3 is 20.7 Å². The van der Waals surface area contributed by atoms with E-state index >= 15 is 0 Å². The number of hydrogen-bond donors (Lipinski definition) is 3. The maximum Gasteiger partial charge on any atom is 0.266 e. The van der Waals surface area contributed by atoms with E-state index in [-0.39, 0.29) is 24.3 Å². The van der Waals surface area contributed by atoms with Crippen LogP contribution in [0.2, 0.25) is 0 Å². The maximum atomic E-state index is 12.0. The highest BCUT2D eigenvalue weighted by Gasteiger charge is 2.30. The van der Waals surface area contributed by atoms with E-state index < -0.39 is 6.10 Å². The van der Waals surface area contributed by atoms with Crippen LogP contribution in [0.15, 0.2) is 24.3 Å². The van der Waals surface area contributed by atoms with Crippen LogP contribution in [0.3, 0.4) is 0 Å². The van der Waals surface area contributed by atoms with E-state index in [0.717, 1.165) is 25.9 Å². The molecule has 3 N–H and O–H groups in total. The number of fused-ring (bicyclic) bond motifs is 1. The molecule has 2 aliphatic heterocycles. The van der Waals surface area contributed by atoms with Gasteiger partial charge in [0.15, 0.2) is 6.10 Å². The monoisotopic (exact) mass is 289 g/mol. The molecule has 2 aliphatic rings. The van der Waals surface area contributed by atoms with E-state index in [2.05, 4.69) is 16.0 Å². The van der Waals surface area contributed by atoms with Crippen LogP contribution in [0.1, 0.15) is 19.3 Å². The van der Waals surface area contributed by atoms with E-state index in [4.69, 9.17) is 4.74 Å². The molecule has 2 heterocycles. The lowest BCUT2D eigenvalue weighted by molar-refractivity contribution is -0.130. The lowest BCUT2D eigenvalue weighted by atomic mass is 10.1. The van der Waals surface area contributed by atoms with E-state index in [0.29, 0.717) is 11.4 Å². The summed E-state index contributed by atoms with van der Waals surface area (Å²) in [6, 6.07) is 7.36. The fraction of sp³-hybridized carbons (Fsp3) is 0.467. The quantitative estimate of drug-likeness (QED) is 0.763. The second-order valence-corrected chi connectivity index (χ2v) is 5.41. The highest BCUT2D eigenvalue weighted by molar-refractivity contribution is 5.99. The number of benzene rings is 1. The fourth-order valence-electron chi connectivity index (χ4n) is 2.66. The molecule has 3 rings (SSSR count). The van der Waals surface area contributed by atoms with Gasteiger partial charge in [0.1, 0.15) is 5.75 Å². The summed E-state index contributed by atoms with van der Waals surface area (Å²) in [5.41, 5.74) is 0.649. The van der Waals surface area contributed by atoms with Gasteiger partial charge in [-0.25, -0.2) is 0 Å². The minimum Gasteiger partial charge on any atom is -0.478 e. The van der Waals surface area contributed by atoms with Gasteiger partial charge >= 0.3 is 0 Å². The standard InChI is InChI=1S/C15H19N3O3/c19-14(17-10-4-3-7-16-9-10)8-13-15(20)18-11-5-1-2-6-12(11)21-13/h1-2,5-6,10,13,16H,3-4,7-9H2,(H,17,19)(H,18,20)/t10-,13?/m0/s1. The van der Waals surface area contributed by atoms with Gasteiger partial charge in [0, 0.05) is 12.6 Å². The smallest absolute Gasteiger partial charge is 0.266 e. The number of rotatable bonds is 3. The summed E-state index contributed by atoms with van der Waals surface area (Å²) in [5, 5.41) is 8.95. The molecule has 1 aromatic rings. The summed E-state index contributed by atoms with van der Waals surface area (Å²) >= 11 is 0. The Balaban J connectivity index is 1.57. The minimum absolute atomic E-state index is 0.0384. The zero-order valence-corrected chi connectivity index (χ0v) is 11.7. The molecule has 6 heteroatoms. The summed E-state index contributed by atoms with van der Waals surface area (Å²) in [7, 11) is 0. The Kier molecular flexibility index (Phi) is 4.06. The molecule has 21 heavy (non-hydrogen) atoms. The third-order valence-electron chi connectivity index (χ3n) is 3.74. The van der Waals surface area contributed by atoms with Crippen LogP contribution in [0.5, 0.6) is 5.75 Å². The summed E-state index contributed by atoms with van der Waals surface area (Å²) in [5.74, 6) is 0.183. The van der Waals surface area contributed by atoms with Gasteiger partial charge in [-0.1, -0.05) is 12.1 Å². The Morgan fingerprint density at radius 1 is 1.38 bits per heavy atom.